The summed E-state index contributed by atoms with van der Waals surface area (Å²) in [5.74, 6) is -1.96. The number of hydrogen-bond donors (Lipinski definition) is 0. The summed E-state index contributed by atoms with van der Waals surface area (Å²) in [6, 6.07) is 0.991. The smallest absolute Gasteiger partial charge is 0.455 e. The summed E-state index contributed by atoms with van der Waals surface area (Å²) < 4.78 is 15.9. The summed E-state index contributed by atoms with van der Waals surface area (Å²) in [7, 11) is -5.63. The Morgan fingerprint density at radius 2 is 1.52 bits per heavy atom. The third-order valence-electron chi connectivity index (χ3n) is 3.72. The van der Waals surface area contributed by atoms with Gasteiger partial charge in [-0.1, -0.05) is 36.5 Å². The number of allylic oxidation sites excluding steroid dienone is 5. The Labute approximate surface area is 150 Å². The molecule has 8 heteroatoms. The van der Waals surface area contributed by atoms with E-state index in [0.29, 0.717) is 0 Å². The maximum atomic E-state index is 11.6. The number of carbonyl (C=O) groups excluding carboxylic acids is 3. The zero-order valence-corrected chi connectivity index (χ0v) is 17.5. The molecule has 0 aromatic heterocycles. The highest BCUT2D eigenvalue weighted by Crippen LogP contribution is 2.37. The topological polar surface area (TPSA) is 78.9 Å². The largest absolute Gasteiger partial charge is 0.709 e. The van der Waals surface area contributed by atoms with Crippen molar-refractivity contribution in [1.82, 2.24) is 0 Å². The van der Waals surface area contributed by atoms with E-state index >= 15 is 0 Å². The zero-order valence-electron chi connectivity index (χ0n) is 15.5. The first-order chi connectivity index (χ1) is 11.5. The van der Waals surface area contributed by atoms with Crippen molar-refractivity contribution in [3.63, 3.8) is 0 Å². The van der Waals surface area contributed by atoms with Crippen LogP contribution in [0, 0.1) is 0 Å². The highest BCUT2D eigenvalue weighted by atomic mass is 28.4. The minimum absolute atomic E-state index is 0.102. The van der Waals surface area contributed by atoms with Crippen LogP contribution in [0.1, 0.15) is 27.2 Å². The highest BCUT2D eigenvalue weighted by molar-refractivity contribution is 6.85. The fraction of sp³-hybridized carbons (Fsp3) is 0.471. The van der Waals surface area contributed by atoms with Gasteiger partial charge in [0.1, 0.15) is 0 Å². The average molecular weight is 383 g/mol. The molecule has 0 N–H and O–H groups in total. The lowest BCUT2D eigenvalue weighted by Crippen LogP contribution is -2.50. The van der Waals surface area contributed by atoms with Crippen LogP contribution in [-0.2, 0) is 27.7 Å². The third kappa shape index (κ3) is 6.13. The summed E-state index contributed by atoms with van der Waals surface area (Å²) in [5, 5.41) is 1.19. The van der Waals surface area contributed by atoms with Gasteiger partial charge in [-0.25, -0.2) is 0 Å². The van der Waals surface area contributed by atoms with Gasteiger partial charge in [0.2, 0.25) is 0 Å². The van der Waals surface area contributed by atoms with E-state index in [4.69, 9.17) is 13.3 Å². The van der Waals surface area contributed by atoms with Crippen LogP contribution in [-0.4, -0.2) is 34.8 Å². The summed E-state index contributed by atoms with van der Waals surface area (Å²) >= 11 is 0. The third-order valence-corrected chi connectivity index (χ3v) is 9.62. The van der Waals surface area contributed by atoms with E-state index < -0.39 is 34.8 Å². The second kappa shape index (κ2) is 8.44. The minimum Gasteiger partial charge on any atom is -0.455 e. The normalized spacial score (nSPS) is 14.3. The van der Waals surface area contributed by atoms with Crippen molar-refractivity contribution in [3.8, 4) is 0 Å². The van der Waals surface area contributed by atoms with Crippen LogP contribution in [0.25, 0.3) is 0 Å². The average Bonchev–Trinajstić information content (AvgIpc) is 2.84. The van der Waals surface area contributed by atoms with E-state index in [-0.39, 0.29) is 6.04 Å². The second-order valence-corrected chi connectivity index (χ2v) is 13.6. The van der Waals surface area contributed by atoms with Crippen LogP contribution in [0.5, 0.6) is 0 Å². The maximum Gasteiger partial charge on any atom is 0.709 e. The molecule has 0 heterocycles. The van der Waals surface area contributed by atoms with E-state index in [1.807, 2.05) is 12.2 Å². The fourth-order valence-corrected chi connectivity index (χ4v) is 8.28. The molecule has 0 saturated carbocycles. The molecular weight excluding hydrogens is 356 g/mol. The van der Waals surface area contributed by atoms with Crippen LogP contribution in [0.15, 0.2) is 35.6 Å². The van der Waals surface area contributed by atoms with Crippen molar-refractivity contribution >= 4 is 34.8 Å². The fourth-order valence-electron chi connectivity index (χ4n) is 2.97. The van der Waals surface area contributed by atoms with E-state index in [1.54, 1.807) is 0 Å². The van der Waals surface area contributed by atoms with E-state index in [2.05, 4.69) is 25.7 Å². The molecule has 0 aliphatic heterocycles. The first-order valence-corrected chi connectivity index (χ1v) is 13.2. The molecule has 0 amide bonds. The molecule has 0 atom stereocenters. The Morgan fingerprint density at radius 3 is 1.92 bits per heavy atom. The van der Waals surface area contributed by atoms with Gasteiger partial charge >= 0.3 is 8.80 Å². The minimum atomic E-state index is -3.85. The SMILES string of the molecule is C=CC[Si](C)(C)C1=CCC=C1C[Si](OC(C)=O)(OC(C)=O)OC(C)=O. The van der Waals surface area contributed by atoms with Crippen molar-refractivity contribution < 1.29 is 27.7 Å². The molecule has 0 aromatic rings. The summed E-state index contributed by atoms with van der Waals surface area (Å²) in [6.45, 7) is 11.9. The molecule has 0 radical (unpaired) electrons. The standard InChI is InChI=1S/C17H26O6Si2/c1-7-11-24(5,6)17-10-8-9-16(17)12-25(21-13(2)18,22-14(3)19)23-15(4)20/h7,9-10H,1,8,11-12H2,2-6H3. The lowest BCUT2D eigenvalue weighted by Gasteiger charge is -2.30. The molecule has 1 aliphatic rings. The van der Waals surface area contributed by atoms with Crippen LogP contribution in [0.3, 0.4) is 0 Å². The van der Waals surface area contributed by atoms with Gasteiger partial charge in [0.15, 0.2) is 0 Å². The first kappa shape index (κ1) is 21.1. The molecule has 0 fully saturated rings. The summed E-state index contributed by atoms with van der Waals surface area (Å²) in [5.41, 5.74) is 0.925. The van der Waals surface area contributed by atoms with Gasteiger partial charge < -0.3 is 13.3 Å². The quantitative estimate of drug-likeness (QED) is 0.473. The Hall–Kier alpha value is -1.94. The molecule has 0 aromatic carbocycles. The summed E-state index contributed by atoms with van der Waals surface area (Å²) in [6.07, 6.45) is 6.80. The Morgan fingerprint density at radius 1 is 1.04 bits per heavy atom. The summed E-state index contributed by atoms with van der Waals surface area (Å²) in [4.78, 5) is 34.7. The molecule has 0 unspecified atom stereocenters. The van der Waals surface area contributed by atoms with Gasteiger partial charge in [-0.2, -0.15) is 0 Å². The molecule has 1 aliphatic carbocycles. The predicted molar refractivity (Wildman–Crippen MR) is 99.1 cm³/mol. The molecule has 25 heavy (non-hydrogen) atoms. The van der Waals surface area contributed by atoms with Crippen LogP contribution in [0.4, 0.5) is 0 Å². The van der Waals surface area contributed by atoms with Gasteiger partial charge in [0, 0.05) is 20.8 Å². The molecular formula is C17H26O6Si2. The van der Waals surface area contributed by atoms with Crippen LogP contribution < -0.4 is 0 Å². The lowest BCUT2D eigenvalue weighted by molar-refractivity contribution is -0.147. The van der Waals surface area contributed by atoms with E-state index in [1.165, 1.54) is 26.0 Å². The molecule has 1 rings (SSSR count). The van der Waals surface area contributed by atoms with Gasteiger partial charge in [-0.05, 0) is 18.0 Å². The molecule has 0 saturated heterocycles. The van der Waals surface area contributed by atoms with Crippen molar-refractivity contribution in [3.05, 3.63) is 35.6 Å². The number of hydrogen-bond acceptors (Lipinski definition) is 6. The van der Waals surface area contributed by atoms with Crippen LogP contribution in [0.2, 0.25) is 25.2 Å². The molecule has 6 nitrogen and oxygen atoms in total. The zero-order chi connectivity index (χ0) is 19.3. The van der Waals surface area contributed by atoms with Crippen molar-refractivity contribution in [2.24, 2.45) is 0 Å². The van der Waals surface area contributed by atoms with Crippen molar-refractivity contribution in [2.45, 2.75) is 52.4 Å². The van der Waals surface area contributed by atoms with Gasteiger partial charge in [-0.3, -0.25) is 14.4 Å². The maximum absolute atomic E-state index is 11.6. The lowest BCUT2D eigenvalue weighted by atomic mass is 10.3. The van der Waals surface area contributed by atoms with Crippen LogP contribution >= 0.6 is 0 Å². The number of carbonyl (C=O) groups is 3. The Balaban J connectivity index is 3.21. The monoisotopic (exact) mass is 382 g/mol. The van der Waals surface area contributed by atoms with Crippen molar-refractivity contribution in [2.75, 3.05) is 0 Å². The molecule has 0 spiro atoms. The van der Waals surface area contributed by atoms with Crippen molar-refractivity contribution in [1.29, 1.82) is 0 Å². The Kier molecular flexibility index (Phi) is 7.12. The predicted octanol–water partition coefficient (Wildman–Crippen LogP) is 3.30. The van der Waals surface area contributed by atoms with Gasteiger partial charge in [0.25, 0.3) is 17.9 Å². The van der Waals surface area contributed by atoms with E-state index in [0.717, 1.165) is 18.0 Å². The highest BCUT2D eigenvalue weighted by Gasteiger charge is 2.53. The molecule has 0 bridgehead atoms. The Bertz CT molecular complexity index is 592. The first-order valence-electron chi connectivity index (χ1n) is 8.11. The number of rotatable bonds is 8. The van der Waals surface area contributed by atoms with Gasteiger partial charge in [0.05, 0.1) is 14.1 Å². The molecule has 138 valence electrons. The second-order valence-electron chi connectivity index (χ2n) is 6.60. The van der Waals surface area contributed by atoms with E-state index in [9.17, 15) is 14.4 Å². The van der Waals surface area contributed by atoms with Gasteiger partial charge in [-0.15, -0.1) is 6.58 Å².